The lowest BCUT2D eigenvalue weighted by molar-refractivity contribution is 0.0962. The molecule has 0 aliphatic carbocycles. The van der Waals surface area contributed by atoms with Gasteiger partial charge in [-0.25, -0.2) is 0 Å². The normalized spacial score (nSPS) is 20.3. The van der Waals surface area contributed by atoms with Gasteiger partial charge in [-0.05, 0) is 63.5 Å². The maximum absolute atomic E-state index is 5.90. The highest BCUT2D eigenvalue weighted by Gasteiger charge is 2.35. The molecular formula is C27H30N4O3S. The molecule has 0 bridgehead atoms. The van der Waals surface area contributed by atoms with Crippen LogP contribution in [-0.2, 0) is 4.74 Å². The van der Waals surface area contributed by atoms with Crippen molar-refractivity contribution in [3.8, 4) is 17.1 Å². The maximum Gasteiger partial charge on any atom is 0.258 e. The SMILES string of the molecule is CCOc1ccc(C2NC(=S)N(CC3CCCO3)C(C)=C2c2nc(-c3ccc(C)cc3)no2)cc1. The molecule has 2 aliphatic heterocycles. The Hall–Kier alpha value is -3.23. The molecule has 2 unspecified atom stereocenters. The molecule has 182 valence electrons. The van der Waals surface area contributed by atoms with Gasteiger partial charge in [0.2, 0.25) is 5.82 Å². The van der Waals surface area contributed by atoms with E-state index in [0.29, 0.717) is 30.0 Å². The fourth-order valence-electron chi connectivity index (χ4n) is 4.60. The Balaban J connectivity index is 1.54. The second-order valence-corrected chi connectivity index (χ2v) is 9.31. The third-order valence-electron chi connectivity index (χ3n) is 6.50. The zero-order valence-corrected chi connectivity index (χ0v) is 21.1. The minimum atomic E-state index is -0.231. The standard InChI is InChI=1S/C27H30N4O3S/c1-4-32-21-13-11-19(12-14-21)24-23(18(3)31(27(35)28-24)16-22-6-5-15-33-22)26-29-25(30-34-26)20-9-7-17(2)8-10-20/h7-14,22,24H,4-6,15-16H2,1-3H3,(H,28,35). The number of hydrogen-bond donors (Lipinski definition) is 1. The second kappa shape index (κ2) is 10.2. The van der Waals surface area contributed by atoms with E-state index >= 15 is 0 Å². The van der Waals surface area contributed by atoms with Crippen LogP contribution >= 0.6 is 12.2 Å². The number of thiocarbonyl (C=S) groups is 1. The minimum Gasteiger partial charge on any atom is -0.494 e. The van der Waals surface area contributed by atoms with E-state index in [9.17, 15) is 0 Å². The van der Waals surface area contributed by atoms with Crippen molar-refractivity contribution < 1.29 is 14.0 Å². The summed E-state index contributed by atoms with van der Waals surface area (Å²) in [5, 5.41) is 8.48. The number of nitrogens with zero attached hydrogens (tertiary/aromatic N) is 3. The van der Waals surface area contributed by atoms with Gasteiger partial charge < -0.3 is 24.2 Å². The summed E-state index contributed by atoms with van der Waals surface area (Å²) in [5.41, 5.74) is 5.03. The van der Waals surface area contributed by atoms with Crippen molar-refractivity contribution in [3.05, 3.63) is 71.2 Å². The van der Waals surface area contributed by atoms with E-state index in [-0.39, 0.29) is 12.1 Å². The summed E-state index contributed by atoms with van der Waals surface area (Å²) >= 11 is 5.81. The lowest BCUT2D eigenvalue weighted by Gasteiger charge is -2.38. The summed E-state index contributed by atoms with van der Waals surface area (Å²) in [5.74, 6) is 1.87. The first-order valence-corrected chi connectivity index (χ1v) is 12.5. The van der Waals surface area contributed by atoms with Crippen molar-refractivity contribution in [2.75, 3.05) is 19.8 Å². The molecule has 3 heterocycles. The molecule has 2 aliphatic rings. The third-order valence-corrected chi connectivity index (χ3v) is 6.84. The zero-order valence-electron chi connectivity index (χ0n) is 20.3. The van der Waals surface area contributed by atoms with E-state index in [1.165, 1.54) is 5.56 Å². The van der Waals surface area contributed by atoms with Crippen molar-refractivity contribution in [1.29, 1.82) is 0 Å². The molecule has 0 saturated carbocycles. The number of benzene rings is 2. The minimum absolute atomic E-state index is 0.152. The maximum atomic E-state index is 5.90. The van der Waals surface area contributed by atoms with Crippen LogP contribution in [0.4, 0.5) is 0 Å². The Bertz CT molecular complexity index is 1210. The first-order valence-electron chi connectivity index (χ1n) is 12.1. The molecule has 35 heavy (non-hydrogen) atoms. The van der Waals surface area contributed by atoms with Crippen molar-refractivity contribution in [2.24, 2.45) is 0 Å². The molecular weight excluding hydrogens is 460 g/mol. The van der Waals surface area contributed by atoms with E-state index in [1.54, 1.807) is 0 Å². The molecule has 1 saturated heterocycles. The molecule has 1 fully saturated rings. The topological polar surface area (TPSA) is 72.7 Å². The third kappa shape index (κ3) is 4.94. The van der Waals surface area contributed by atoms with Crippen LogP contribution in [0.15, 0.2) is 58.8 Å². The van der Waals surface area contributed by atoms with Crippen molar-refractivity contribution in [2.45, 2.75) is 45.8 Å². The van der Waals surface area contributed by atoms with Gasteiger partial charge in [0.1, 0.15) is 5.75 Å². The fraction of sp³-hybridized carbons (Fsp3) is 0.370. The highest BCUT2D eigenvalue weighted by Crippen LogP contribution is 2.38. The van der Waals surface area contributed by atoms with Gasteiger partial charge in [-0.1, -0.05) is 47.1 Å². The van der Waals surface area contributed by atoms with Gasteiger partial charge in [-0.3, -0.25) is 0 Å². The van der Waals surface area contributed by atoms with Crippen molar-refractivity contribution >= 4 is 22.9 Å². The molecule has 0 radical (unpaired) electrons. The summed E-state index contributed by atoms with van der Waals surface area (Å²) in [6.07, 6.45) is 2.26. The number of rotatable bonds is 7. The van der Waals surface area contributed by atoms with Gasteiger partial charge in [-0.2, -0.15) is 4.98 Å². The molecule has 1 N–H and O–H groups in total. The largest absolute Gasteiger partial charge is 0.494 e. The average molecular weight is 491 g/mol. The van der Waals surface area contributed by atoms with Gasteiger partial charge in [0.25, 0.3) is 5.89 Å². The summed E-state index contributed by atoms with van der Waals surface area (Å²) < 4.78 is 17.4. The quantitative estimate of drug-likeness (QED) is 0.448. The monoisotopic (exact) mass is 490 g/mol. The number of aryl methyl sites for hydroxylation is 1. The van der Waals surface area contributed by atoms with Crippen LogP contribution in [-0.4, -0.2) is 46.0 Å². The smallest absolute Gasteiger partial charge is 0.258 e. The Morgan fingerprint density at radius 1 is 1.11 bits per heavy atom. The van der Waals surface area contributed by atoms with E-state index in [1.807, 2.05) is 55.5 Å². The van der Waals surface area contributed by atoms with E-state index in [4.69, 9.17) is 31.2 Å². The molecule has 7 nitrogen and oxygen atoms in total. The molecule has 1 aromatic heterocycles. The van der Waals surface area contributed by atoms with Crippen LogP contribution < -0.4 is 10.1 Å². The molecule has 2 atom stereocenters. The Kier molecular flexibility index (Phi) is 6.83. The molecule has 0 amide bonds. The van der Waals surface area contributed by atoms with Crippen LogP contribution in [0.25, 0.3) is 17.0 Å². The van der Waals surface area contributed by atoms with Crippen molar-refractivity contribution in [1.82, 2.24) is 20.4 Å². The van der Waals surface area contributed by atoms with E-state index < -0.39 is 0 Å². The van der Waals surface area contributed by atoms with Crippen molar-refractivity contribution in [3.63, 3.8) is 0 Å². The Morgan fingerprint density at radius 3 is 2.57 bits per heavy atom. The lowest BCUT2D eigenvalue weighted by Crippen LogP contribution is -2.48. The number of allylic oxidation sites excluding steroid dienone is 1. The number of aromatic nitrogens is 2. The highest BCUT2D eigenvalue weighted by atomic mass is 32.1. The number of nitrogens with one attached hydrogen (secondary N) is 1. The predicted molar refractivity (Wildman–Crippen MR) is 139 cm³/mol. The van der Waals surface area contributed by atoms with Gasteiger partial charge in [0.15, 0.2) is 5.11 Å². The summed E-state index contributed by atoms with van der Waals surface area (Å²) in [7, 11) is 0. The first-order chi connectivity index (χ1) is 17.0. The molecule has 8 heteroatoms. The first kappa shape index (κ1) is 23.5. The molecule has 2 aromatic carbocycles. The fourth-order valence-corrected chi connectivity index (χ4v) is 4.93. The van der Waals surface area contributed by atoms with E-state index in [0.717, 1.165) is 47.6 Å². The number of ether oxygens (including phenoxy) is 2. The van der Waals surface area contributed by atoms with Crippen LogP contribution in [0, 0.1) is 6.92 Å². The van der Waals surface area contributed by atoms with E-state index in [2.05, 4.69) is 29.2 Å². The van der Waals surface area contributed by atoms with Gasteiger partial charge in [0.05, 0.1) is 30.9 Å². The van der Waals surface area contributed by atoms with Crippen LogP contribution in [0.3, 0.4) is 0 Å². The lowest BCUT2D eigenvalue weighted by atomic mass is 9.94. The molecule has 0 spiro atoms. The van der Waals surface area contributed by atoms with Crippen LogP contribution in [0.1, 0.15) is 49.7 Å². The average Bonchev–Trinajstić information content (AvgIpc) is 3.55. The summed E-state index contributed by atoms with van der Waals surface area (Å²) in [6.45, 7) is 8.21. The van der Waals surface area contributed by atoms with Crippen LogP contribution in [0.5, 0.6) is 5.75 Å². The Morgan fingerprint density at radius 2 is 1.89 bits per heavy atom. The molecule has 3 aromatic rings. The van der Waals surface area contributed by atoms with Crippen LogP contribution in [0.2, 0.25) is 0 Å². The number of hydrogen-bond acceptors (Lipinski definition) is 6. The van der Waals surface area contributed by atoms with Gasteiger partial charge in [-0.15, -0.1) is 0 Å². The zero-order chi connectivity index (χ0) is 24.4. The Labute approximate surface area is 211 Å². The van der Waals surface area contributed by atoms with Gasteiger partial charge in [0, 0.05) is 17.9 Å². The molecule has 5 rings (SSSR count). The highest BCUT2D eigenvalue weighted by molar-refractivity contribution is 7.80. The summed E-state index contributed by atoms with van der Waals surface area (Å²) in [6, 6.07) is 15.9. The van der Waals surface area contributed by atoms with Gasteiger partial charge >= 0.3 is 0 Å². The second-order valence-electron chi connectivity index (χ2n) is 8.92. The summed E-state index contributed by atoms with van der Waals surface area (Å²) in [4.78, 5) is 6.90. The predicted octanol–water partition coefficient (Wildman–Crippen LogP) is 5.29.